The van der Waals surface area contributed by atoms with Gasteiger partial charge in [-0.3, -0.25) is 9.59 Å². The molecule has 0 fully saturated rings. The van der Waals surface area contributed by atoms with E-state index in [0.717, 1.165) is 21.9 Å². The molecule has 1 N–H and O–H groups in total. The summed E-state index contributed by atoms with van der Waals surface area (Å²) < 4.78 is 0. The first-order chi connectivity index (χ1) is 16.7. The molecule has 0 bridgehead atoms. The van der Waals surface area contributed by atoms with Gasteiger partial charge in [-0.2, -0.15) is 0 Å². The molecule has 0 aliphatic heterocycles. The molecule has 0 radical (unpaired) electrons. The van der Waals surface area contributed by atoms with E-state index in [-0.39, 0.29) is 17.4 Å². The van der Waals surface area contributed by atoms with Crippen LogP contribution >= 0.6 is 0 Å². The van der Waals surface area contributed by atoms with E-state index in [1.807, 2.05) is 61.7 Å². The molecular formula is C30H37N3O2. The van der Waals surface area contributed by atoms with Crippen molar-refractivity contribution in [2.45, 2.75) is 44.8 Å². The molecule has 0 aliphatic carbocycles. The second-order valence-corrected chi connectivity index (χ2v) is 9.77. The highest BCUT2D eigenvalue weighted by molar-refractivity contribution is 5.93. The smallest absolute Gasteiger partial charge is 0.246 e. The predicted molar refractivity (Wildman–Crippen MR) is 144 cm³/mol. The van der Waals surface area contributed by atoms with Crippen molar-refractivity contribution in [1.29, 1.82) is 0 Å². The number of hydrogen-bond donors (Lipinski definition) is 1. The topological polar surface area (TPSA) is 52.7 Å². The van der Waals surface area contributed by atoms with E-state index in [1.165, 1.54) is 0 Å². The summed E-state index contributed by atoms with van der Waals surface area (Å²) in [4.78, 5) is 30.0. The van der Waals surface area contributed by atoms with E-state index >= 15 is 0 Å². The fourth-order valence-electron chi connectivity index (χ4n) is 4.00. The van der Waals surface area contributed by atoms with Crippen molar-refractivity contribution in [3.05, 3.63) is 96.1 Å². The second-order valence-electron chi connectivity index (χ2n) is 9.77. The summed E-state index contributed by atoms with van der Waals surface area (Å²) >= 11 is 0. The van der Waals surface area contributed by atoms with Crippen LogP contribution in [0.4, 0.5) is 0 Å². The van der Waals surface area contributed by atoms with Gasteiger partial charge in [0.05, 0.1) is 0 Å². The van der Waals surface area contributed by atoms with E-state index < -0.39 is 6.04 Å². The Kier molecular flexibility index (Phi) is 8.83. The molecule has 0 saturated carbocycles. The van der Waals surface area contributed by atoms with Crippen LogP contribution in [0, 0.1) is 0 Å². The zero-order chi connectivity index (χ0) is 25.4. The Morgan fingerprint density at radius 2 is 1.57 bits per heavy atom. The molecular weight excluding hydrogens is 434 g/mol. The van der Waals surface area contributed by atoms with Crippen molar-refractivity contribution in [1.82, 2.24) is 15.1 Å². The molecule has 0 saturated heterocycles. The molecule has 0 unspecified atom stereocenters. The number of rotatable bonds is 10. The van der Waals surface area contributed by atoms with Crippen molar-refractivity contribution in [2.75, 3.05) is 21.1 Å². The van der Waals surface area contributed by atoms with Crippen LogP contribution in [0.5, 0.6) is 0 Å². The third kappa shape index (κ3) is 7.27. The molecule has 5 nitrogen and oxygen atoms in total. The van der Waals surface area contributed by atoms with Crippen molar-refractivity contribution in [3.63, 3.8) is 0 Å². The molecule has 184 valence electrons. The number of carbonyl (C=O) groups is 2. The lowest BCUT2D eigenvalue weighted by Gasteiger charge is -2.31. The summed E-state index contributed by atoms with van der Waals surface area (Å²) in [5, 5.41) is 5.51. The Bertz CT molecular complexity index is 1170. The zero-order valence-electron chi connectivity index (χ0n) is 21.5. The van der Waals surface area contributed by atoms with Crippen LogP contribution in [-0.2, 0) is 22.6 Å². The average Bonchev–Trinajstić information content (AvgIpc) is 2.86. The fraction of sp³-hybridized carbons (Fsp3) is 0.333. The lowest BCUT2D eigenvalue weighted by Crippen LogP contribution is -2.49. The van der Waals surface area contributed by atoms with E-state index in [9.17, 15) is 9.59 Å². The van der Waals surface area contributed by atoms with Gasteiger partial charge < -0.3 is 15.1 Å². The normalized spacial score (nSPS) is 12.6. The number of likely N-dealkylation sites (N-methyl/N-ethyl adjacent to an activating group) is 2. The van der Waals surface area contributed by atoms with Crippen LogP contribution in [-0.4, -0.2) is 54.3 Å². The van der Waals surface area contributed by atoms with Crippen molar-refractivity contribution in [2.24, 2.45) is 0 Å². The van der Waals surface area contributed by atoms with Gasteiger partial charge in [-0.1, -0.05) is 78.9 Å². The lowest BCUT2D eigenvalue weighted by molar-refractivity contribution is -0.141. The second kappa shape index (κ2) is 11.8. The number of fused-ring (bicyclic) bond motifs is 1. The van der Waals surface area contributed by atoms with Crippen LogP contribution in [0.1, 0.15) is 31.4 Å². The monoisotopic (exact) mass is 471 g/mol. The number of benzene rings is 3. The summed E-state index contributed by atoms with van der Waals surface area (Å²) in [7, 11) is 5.42. The van der Waals surface area contributed by atoms with Gasteiger partial charge in [-0.05, 0) is 55.3 Å². The van der Waals surface area contributed by atoms with Gasteiger partial charge in [-0.25, -0.2) is 0 Å². The van der Waals surface area contributed by atoms with Gasteiger partial charge >= 0.3 is 0 Å². The van der Waals surface area contributed by atoms with Gasteiger partial charge in [0.15, 0.2) is 0 Å². The Morgan fingerprint density at radius 1 is 0.914 bits per heavy atom. The van der Waals surface area contributed by atoms with E-state index in [2.05, 4.69) is 43.4 Å². The van der Waals surface area contributed by atoms with Crippen molar-refractivity contribution >= 4 is 22.6 Å². The Balaban J connectivity index is 1.83. The molecule has 3 aromatic rings. The third-order valence-corrected chi connectivity index (χ3v) is 6.55. The van der Waals surface area contributed by atoms with Crippen LogP contribution < -0.4 is 5.32 Å². The zero-order valence-corrected chi connectivity index (χ0v) is 21.5. The molecule has 35 heavy (non-hydrogen) atoms. The number of nitrogens with zero attached hydrogens (tertiary/aromatic N) is 2. The maximum Gasteiger partial charge on any atom is 0.246 e. The molecule has 0 aromatic heterocycles. The molecule has 5 heteroatoms. The van der Waals surface area contributed by atoms with Crippen LogP contribution in [0.25, 0.3) is 10.8 Å². The lowest BCUT2D eigenvalue weighted by atomic mass is 9.99. The molecule has 0 heterocycles. The molecule has 3 aromatic carbocycles. The number of amides is 2. The van der Waals surface area contributed by atoms with Gasteiger partial charge in [-0.15, -0.1) is 0 Å². The fourth-order valence-corrected chi connectivity index (χ4v) is 4.00. The van der Waals surface area contributed by atoms with Crippen LogP contribution in [0.15, 0.2) is 84.9 Å². The van der Waals surface area contributed by atoms with Crippen LogP contribution in [0.3, 0.4) is 0 Å². The standard InChI is InChI=1S/C30H37N3O2/c1-30(2,31-3)19-11-16-28(34)33(5)27(29(35)32(4)22-23-12-7-6-8-13-23)21-24-17-18-25-14-9-10-15-26(25)20-24/h6-18,20,27,31H,19,21-22H2,1-5H3/b16-11+/t27-/m1/s1. The van der Waals surface area contributed by atoms with Gasteiger partial charge in [0.1, 0.15) is 6.04 Å². The highest BCUT2D eigenvalue weighted by Gasteiger charge is 2.29. The highest BCUT2D eigenvalue weighted by Crippen LogP contribution is 2.19. The van der Waals surface area contributed by atoms with Crippen molar-refractivity contribution in [3.8, 4) is 0 Å². The largest absolute Gasteiger partial charge is 0.340 e. The Hall–Kier alpha value is -3.44. The minimum atomic E-state index is -0.612. The molecule has 0 aliphatic rings. The van der Waals surface area contributed by atoms with Gasteiger partial charge in [0.25, 0.3) is 0 Å². The Morgan fingerprint density at radius 3 is 2.26 bits per heavy atom. The summed E-state index contributed by atoms with van der Waals surface area (Å²) in [6.07, 6.45) is 4.61. The minimum absolute atomic E-state index is 0.0817. The van der Waals surface area contributed by atoms with E-state index in [4.69, 9.17) is 0 Å². The van der Waals surface area contributed by atoms with Gasteiger partial charge in [0, 0.05) is 32.6 Å². The highest BCUT2D eigenvalue weighted by atomic mass is 16.2. The maximum absolute atomic E-state index is 13.6. The quantitative estimate of drug-likeness (QED) is 0.432. The van der Waals surface area contributed by atoms with Crippen LogP contribution in [0.2, 0.25) is 0 Å². The van der Waals surface area contributed by atoms with Crippen molar-refractivity contribution < 1.29 is 9.59 Å². The van der Waals surface area contributed by atoms with E-state index in [0.29, 0.717) is 19.4 Å². The number of carbonyl (C=O) groups excluding carboxylic acids is 2. The molecule has 1 atom stereocenters. The summed E-state index contributed by atoms with van der Waals surface area (Å²) in [5.41, 5.74) is 1.97. The van der Waals surface area contributed by atoms with Gasteiger partial charge in [0.2, 0.25) is 11.8 Å². The third-order valence-electron chi connectivity index (χ3n) is 6.55. The first-order valence-electron chi connectivity index (χ1n) is 12.1. The predicted octanol–water partition coefficient (Wildman–Crippen LogP) is 4.81. The van der Waals surface area contributed by atoms with E-state index in [1.54, 1.807) is 30.0 Å². The minimum Gasteiger partial charge on any atom is -0.340 e. The average molecular weight is 472 g/mol. The number of nitrogens with one attached hydrogen (secondary N) is 1. The SMILES string of the molecule is CNC(C)(C)C/C=C/C(=O)N(C)[C@H](Cc1ccc2ccccc2c1)C(=O)N(C)Cc1ccccc1. The maximum atomic E-state index is 13.6. The first kappa shape index (κ1) is 26.2. The molecule has 2 amide bonds. The summed E-state index contributed by atoms with van der Waals surface area (Å²) in [6, 6.07) is 23.7. The Labute approximate surface area is 209 Å². The summed E-state index contributed by atoms with van der Waals surface area (Å²) in [5.74, 6) is -0.258. The summed E-state index contributed by atoms with van der Waals surface area (Å²) in [6.45, 7) is 4.65. The first-order valence-corrected chi connectivity index (χ1v) is 12.1. The molecule has 3 rings (SSSR count). The molecule has 0 spiro atoms. The number of hydrogen-bond acceptors (Lipinski definition) is 3.